The van der Waals surface area contributed by atoms with Gasteiger partial charge in [-0.15, -0.1) is 0 Å². The number of benzene rings is 1. The van der Waals surface area contributed by atoms with Crippen molar-refractivity contribution in [3.05, 3.63) is 28.6 Å². The number of hydrogen-bond donors (Lipinski definition) is 2. The predicted molar refractivity (Wildman–Crippen MR) is 107 cm³/mol. The normalized spacial score (nSPS) is 21.5. The summed E-state index contributed by atoms with van der Waals surface area (Å²) in [7, 11) is -1.70. The van der Waals surface area contributed by atoms with Gasteiger partial charge in [0.1, 0.15) is 0 Å². The van der Waals surface area contributed by atoms with E-state index in [4.69, 9.17) is 4.52 Å². The zero-order valence-corrected chi connectivity index (χ0v) is 17.2. The van der Waals surface area contributed by atoms with Gasteiger partial charge in [-0.25, -0.2) is 13.1 Å². The number of aromatic nitrogens is 1. The van der Waals surface area contributed by atoms with E-state index in [1.807, 2.05) is 12.1 Å². The Bertz CT molecular complexity index is 961. The van der Waals surface area contributed by atoms with Crippen LogP contribution in [0.5, 0.6) is 0 Å². The van der Waals surface area contributed by atoms with Crippen LogP contribution in [0, 0.1) is 5.92 Å². The van der Waals surface area contributed by atoms with Crippen LogP contribution in [0.3, 0.4) is 0 Å². The minimum Gasteiger partial charge on any atom is -0.385 e. The van der Waals surface area contributed by atoms with Crippen LogP contribution in [0.15, 0.2) is 27.5 Å². The van der Waals surface area contributed by atoms with Crippen molar-refractivity contribution >= 4 is 26.7 Å². The first-order chi connectivity index (χ1) is 12.6. The second-order valence-corrected chi connectivity index (χ2v) is 10.9. The lowest BCUT2D eigenvalue weighted by molar-refractivity contribution is 0.322. The summed E-state index contributed by atoms with van der Waals surface area (Å²) in [6.07, 6.45) is 3.64. The van der Waals surface area contributed by atoms with E-state index in [1.54, 1.807) is 33.9 Å². The largest absolute Gasteiger partial charge is 0.385 e. The fourth-order valence-corrected chi connectivity index (χ4v) is 4.42. The molecule has 0 spiro atoms. The molecule has 1 aromatic carbocycles. The Morgan fingerprint density at radius 1 is 1.19 bits per heavy atom. The van der Waals surface area contributed by atoms with Gasteiger partial charge in [0.15, 0.2) is 5.58 Å². The van der Waals surface area contributed by atoms with Crippen molar-refractivity contribution in [1.82, 2.24) is 9.46 Å². The van der Waals surface area contributed by atoms with Crippen molar-refractivity contribution in [2.75, 3.05) is 11.9 Å². The van der Waals surface area contributed by atoms with Crippen molar-refractivity contribution in [3.63, 3.8) is 0 Å². The first-order valence-electron chi connectivity index (χ1n) is 9.42. The summed E-state index contributed by atoms with van der Waals surface area (Å²) in [5.74, 6) is 0.489. The molecule has 8 heteroatoms. The molecule has 7 nitrogen and oxygen atoms in total. The average molecular weight is 396 g/mol. The molecule has 1 aliphatic carbocycles. The minimum atomic E-state index is -3.30. The molecule has 0 unspecified atom stereocenters. The highest BCUT2D eigenvalue weighted by molar-refractivity contribution is 7.90. The maximum atomic E-state index is 12.3. The molecule has 1 aliphatic rings. The maximum absolute atomic E-state index is 12.3. The molecule has 1 aromatic heterocycles. The van der Waals surface area contributed by atoms with Gasteiger partial charge in [0, 0.05) is 25.3 Å². The lowest BCUT2D eigenvalue weighted by Crippen LogP contribution is -2.46. The first-order valence-corrected chi connectivity index (χ1v) is 10.9. The van der Waals surface area contributed by atoms with E-state index in [9.17, 15) is 13.2 Å². The fraction of sp³-hybridized carbons (Fsp3) is 0.632. The SMILES string of the molecule is Cn1oc2ccc(NCC3CCC(NS(=O)(=O)C(C)(C)C)CC3)cc2c1=O. The molecule has 0 atom stereocenters. The molecule has 0 amide bonds. The van der Waals surface area contributed by atoms with Gasteiger partial charge in [0.2, 0.25) is 10.0 Å². The molecule has 1 saturated carbocycles. The van der Waals surface area contributed by atoms with Crippen molar-refractivity contribution < 1.29 is 12.9 Å². The lowest BCUT2D eigenvalue weighted by Gasteiger charge is -2.31. The zero-order valence-electron chi connectivity index (χ0n) is 16.4. The number of aryl methyl sites for hydroxylation is 1. The summed E-state index contributed by atoms with van der Waals surface area (Å²) in [5, 5.41) is 3.97. The Hall–Kier alpha value is -1.80. The molecule has 2 N–H and O–H groups in total. The van der Waals surface area contributed by atoms with Gasteiger partial charge < -0.3 is 9.84 Å². The summed E-state index contributed by atoms with van der Waals surface area (Å²) in [5.41, 5.74) is 1.34. The highest BCUT2D eigenvalue weighted by Crippen LogP contribution is 2.27. The number of nitrogens with one attached hydrogen (secondary N) is 2. The Morgan fingerprint density at radius 2 is 1.85 bits per heavy atom. The lowest BCUT2D eigenvalue weighted by atomic mass is 9.86. The van der Waals surface area contributed by atoms with Gasteiger partial charge in [-0.05, 0) is 70.6 Å². The Kier molecular flexibility index (Phi) is 5.40. The Balaban J connectivity index is 1.53. The monoisotopic (exact) mass is 395 g/mol. The second-order valence-electron chi connectivity index (χ2n) is 8.44. The number of rotatable bonds is 5. The van der Waals surface area contributed by atoms with Crippen molar-refractivity contribution in [2.45, 2.75) is 57.2 Å². The molecule has 1 heterocycles. The van der Waals surface area contributed by atoms with E-state index in [0.717, 1.165) is 37.9 Å². The topological polar surface area (TPSA) is 93.3 Å². The standard InChI is InChI=1S/C19H29N3O4S/c1-19(2,3)27(24,25)21-14-7-5-13(6-8-14)12-20-15-9-10-17-16(11-15)18(23)22(4)26-17/h9-11,13-14,20-21H,5-8,12H2,1-4H3. The van der Waals surface area contributed by atoms with Gasteiger partial charge in [0.25, 0.3) is 5.56 Å². The quantitative estimate of drug-likeness (QED) is 0.812. The molecule has 1 fully saturated rings. The molecule has 150 valence electrons. The smallest absolute Gasteiger partial charge is 0.290 e. The maximum Gasteiger partial charge on any atom is 0.290 e. The summed E-state index contributed by atoms with van der Waals surface area (Å²) in [6, 6.07) is 5.56. The van der Waals surface area contributed by atoms with Crippen LogP contribution in [-0.2, 0) is 17.1 Å². The molecule has 0 bridgehead atoms. The van der Waals surface area contributed by atoms with E-state index in [2.05, 4.69) is 10.0 Å². The molecule has 0 radical (unpaired) electrons. The van der Waals surface area contributed by atoms with Gasteiger partial charge in [-0.1, -0.05) is 0 Å². The van der Waals surface area contributed by atoms with Crippen LogP contribution in [-0.4, -0.2) is 30.5 Å². The number of anilines is 1. The van der Waals surface area contributed by atoms with E-state index >= 15 is 0 Å². The van der Waals surface area contributed by atoms with Gasteiger partial charge in [-0.3, -0.25) is 4.79 Å². The van der Waals surface area contributed by atoms with E-state index in [0.29, 0.717) is 16.9 Å². The third kappa shape index (κ3) is 4.38. The van der Waals surface area contributed by atoms with Gasteiger partial charge in [0.05, 0.1) is 10.1 Å². The predicted octanol–water partition coefficient (Wildman–Crippen LogP) is 2.82. The van der Waals surface area contributed by atoms with Crippen LogP contribution in [0.2, 0.25) is 0 Å². The van der Waals surface area contributed by atoms with Crippen molar-refractivity contribution in [1.29, 1.82) is 0 Å². The van der Waals surface area contributed by atoms with Gasteiger partial charge >= 0.3 is 0 Å². The van der Waals surface area contributed by atoms with E-state index < -0.39 is 14.8 Å². The fourth-order valence-electron chi connectivity index (χ4n) is 3.39. The summed E-state index contributed by atoms with van der Waals surface area (Å²) in [4.78, 5) is 12.0. The van der Waals surface area contributed by atoms with Crippen molar-refractivity contribution in [2.24, 2.45) is 13.0 Å². The highest BCUT2D eigenvalue weighted by atomic mass is 32.2. The van der Waals surface area contributed by atoms with E-state index in [-0.39, 0.29) is 11.6 Å². The van der Waals surface area contributed by atoms with Crippen LogP contribution >= 0.6 is 0 Å². The molecule has 2 aromatic rings. The Morgan fingerprint density at radius 3 is 2.48 bits per heavy atom. The van der Waals surface area contributed by atoms with Crippen LogP contribution in [0.25, 0.3) is 11.0 Å². The summed E-state index contributed by atoms with van der Waals surface area (Å²) >= 11 is 0. The summed E-state index contributed by atoms with van der Waals surface area (Å²) < 4.78 is 33.2. The molecule has 0 saturated heterocycles. The minimum absolute atomic E-state index is 0.0239. The third-order valence-electron chi connectivity index (χ3n) is 5.30. The molecule has 3 rings (SSSR count). The number of nitrogens with zero attached hydrogens (tertiary/aromatic N) is 1. The molecule has 0 aliphatic heterocycles. The highest BCUT2D eigenvalue weighted by Gasteiger charge is 2.32. The number of sulfonamides is 1. The van der Waals surface area contributed by atoms with Crippen LogP contribution in [0.4, 0.5) is 5.69 Å². The zero-order chi connectivity index (χ0) is 19.8. The van der Waals surface area contributed by atoms with E-state index in [1.165, 1.54) is 4.74 Å². The number of fused-ring (bicyclic) bond motifs is 1. The summed E-state index contributed by atoms with van der Waals surface area (Å²) in [6.45, 7) is 5.96. The van der Waals surface area contributed by atoms with Crippen molar-refractivity contribution in [3.8, 4) is 0 Å². The second kappa shape index (κ2) is 7.31. The number of hydrogen-bond acceptors (Lipinski definition) is 5. The van der Waals surface area contributed by atoms with Crippen LogP contribution < -0.4 is 15.6 Å². The molecular formula is C19H29N3O4S. The first kappa shape index (κ1) is 19.9. The average Bonchev–Trinajstić information content (AvgIpc) is 2.87. The molecule has 27 heavy (non-hydrogen) atoms. The Labute approximate surface area is 160 Å². The third-order valence-corrected chi connectivity index (χ3v) is 7.56. The van der Waals surface area contributed by atoms with Crippen LogP contribution in [0.1, 0.15) is 46.5 Å². The molecular weight excluding hydrogens is 366 g/mol. The van der Waals surface area contributed by atoms with Gasteiger partial charge in [-0.2, -0.15) is 4.74 Å².